The lowest BCUT2D eigenvalue weighted by Crippen LogP contribution is -2.43. The molecule has 1 fully saturated rings. The van der Waals surface area contributed by atoms with Crippen LogP contribution in [0.5, 0.6) is 0 Å². The van der Waals surface area contributed by atoms with E-state index in [2.05, 4.69) is 44.4 Å². The summed E-state index contributed by atoms with van der Waals surface area (Å²) in [7, 11) is 0. The fourth-order valence-electron chi connectivity index (χ4n) is 3.68. The highest BCUT2D eigenvalue weighted by atomic mass is 32.1. The Bertz CT molecular complexity index is 615. The van der Waals surface area contributed by atoms with Gasteiger partial charge in [0.2, 0.25) is 0 Å². The molecule has 1 heterocycles. The molecule has 144 valence electrons. The maximum atomic E-state index is 12.7. The van der Waals surface area contributed by atoms with Crippen LogP contribution in [0.25, 0.3) is 0 Å². The third-order valence-corrected chi connectivity index (χ3v) is 6.14. The standard InChI is InChI=1S/C21H31NO3S/c1-16(2)22(17(3)4)13-7-8-14-25-20(23)21(24,18-10-5-6-11-18)19-12-9-15-26-19/h9,12,15-18,24H,5-6,10-11,13-14H2,1-4H3. The van der Waals surface area contributed by atoms with Crippen LogP contribution in [0.4, 0.5) is 0 Å². The topological polar surface area (TPSA) is 49.8 Å². The van der Waals surface area contributed by atoms with Crippen molar-refractivity contribution in [1.82, 2.24) is 4.90 Å². The molecule has 1 aromatic rings. The van der Waals surface area contributed by atoms with Crippen molar-refractivity contribution in [1.29, 1.82) is 0 Å². The minimum atomic E-state index is -1.53. The number of rotatable bonds is 7. The molecule has 26 heavy (non-hydrogen) atoms. The molecule has 1 N–H and O–H groups in total. The summed E-state index contributed by atoms with van der Waals surface area (Å²) in [5, 5.41) is 13.1. The normalized spacial score (nSPS) is 17.4. The second-order valence-electron chi connectivity index (χ2n) is 7.51. The smallest absolute Gasteiger partial charge is 0.344 e. The molecule has 0 bridgehead atoms. The molecule has 1 atom stereocenters. The van der Waals surface area contributed by atoms with Crippen LogP contribution in [0, 0.1) is 17.8 Å². The average molecular weight is 378 g/mol. The monoisotopic (exact) mass is 377 g/mol. The van der Waals surface area contributed by atoms with Gasteiger partial charge < -0.3 is 9.84 Å². The Hall–Kier alpha value is -1.35. The summed E-state index contributed by atoms with van der Waals surface area (Å²) < 4.78 is 5.37. The number of hydrogen-bond acceptors (Lipinski definition) is 5. The molecule has 1 aliphatic carbocycles. The number of carbonyl (C=O) groups excluding carboxylic acids is 1. The first-order valence-electron chi connectivity index (χ1n) is 9.52. The van der Waals surface area contributed by atoms with Crippen molar-refractivity contribution in [2.75, 3.05) is 13.2 Å². The van der Waals surface area contributed by atoms with Gasteiger partial charge in [-0.25, -0.2) is 4.79 Å². The van der Waals surface area contributed by atoms with Gasteiger partial charge in [0.15, 0.2) is 12.2 Å². The zero-order valence-electron chi connectivity index (χ0n) is 16.3. The van der Waals surface area contributed by atoms with Crippen LogP contribution < -0.4 is 0 Å². The van der Waals surface area contributed by atoms with Crippen LogP contribution in [-0.4, -0.2) is 41.2 Å². The Morgan fingerprint density at radius 3 is 2.50 bits per heavy atom. The van der Waals surface area contributed by atoms with Crippen LogP contribution in [0.2, 0.25) is 0 Å². The zero-order chi connectivity index (χ0) is 19.2. The van der Waals surface area contributed by atoms with E-state index < -0.39 is 11.6 Å². The molecule has 5 heteroatoms. The fourth-order valence-corrected chi connectivity index (χ4v) is 4.57. The maximum Gasteiger partial charge on any atom is 0.344 e. The third-order valence-electron chi connectivity index (χ3n) is 5.14. The van der Waals surface area contributed by atoms with E-state index in [1.165, 1.54) is 11.3 Å². The first-order chi connectivity index (χ1) is 12.4. The van der Waals surface area contributed by atoms with Crippen LogP contribution in [-0.2, 0) is 15.1 Å². The maximum absolute atomic E-state index is 12.7. The molecular weight excluding hydrogens is 346 g/mol. The highest BCUT2D eigenvalue weighted by molar-refractivity contribution is 7.10. The van der Waals surface area contributed by atoms with Crippen LogP contribution in [0.1, 0.15) is 58.3 Å². The number of nitrogens with zero attached hydrogens (tertiary/aromatic N) is 1. The summed E-state index contributed by atoms with van der Waals surface area (Å²) in [5.41, 5.74) is -1.53. The minimum Gasteiger partial charge on any atom is -0.450 e. The highest BCUT2D eigenvalue weighted by Gasteiger charge is 2.48. The third kappa shape index (κ3) is 4.88. The molecule has 2 rings (SSSR count). The number of aliphatic hydroxyl groups is 1. The number of hydrogen-bond donors (Lipinski definition) is 1. The van der Waals surface area contributed by atoms with Crippen molar-refractivity contribution >= 4 is 17.3 Å². The van der Waals surface area contributed by atoms with E-state index in [1.807, 2.05) is 17.5 Å². The van der Waals surface area contributed by atoms with Gasteiger partial charge in [-0.2, -0.15) is 0 Å². The first kappa shape index (κ1) is 21.0. The number of ether oxygens (including phenoxy) is 1. The van der Waals surface area contributed by atoms with Crippen molar-refractivity contribution in [3.05, 3.63) is 22.4 Å². The molecule has 1 saturated carbocycles. The SMILES string of the molecule is CC(C)N(CC#CCOC(=O)C(O)(c1cccs1)C1CCCC1)C(C)C. The summed E-state index contributed by atoms with van der Waals surface area (Å²) in [6.07, 6.45) is 3.80. The second-order valence-corrected chi connectivity index (χ2v) is 8.46. The van der Waals surface area contributed by atoms with Gasteiger partial charge in [0, 0.05) is 22.9 Å². The van der Waals surface area contributed by atoms with Crippen molar-refractivity contribution in [3.63, 3.8) is 0 Å². The Morgan fingerprint density at radius 2 is 1.96 bits per heavy atom. The Kier molecular flexibility index (Phi) is 7.69. The molecule has 0 aliphatic heterocycles. The Morgan fingerprint density at radius 1 is 1.31 bits per heavy atom. The fraction of sp³-hybridized carbons (Fsp3) is 0.667. The predicted molar refractivity (Wildman–Crippen MR) is 106 cm³/mol. The summed E-state index contributed by atoms with van der Waals surface area (Å²) in [4.78, 5) is 15.7. The lowest BCUT2D eigenvalue weighted by atomic mass is 9.84. The second kappa shape index (κ2) is 9.55. The van der Waals surface area contributed by atoms with Crippen molar-refractivity contribution < 1.29 is 14.6 Å². The molecule has 4 nitrogen and oxygen atoms in total. The molecular formula is C21H31NO3S. The van der Waals surface area contributed by atoms with Gasteiger partial charge in [0.25, 0.3) is 0 Å². The van der Waals surface area contributed by atoms with Gasteiger partial charge >= 0.3 is 5.97 Å². The van der Waals surface area contributed by atoms with Crippen molar-refractivity contribution in [3.8, 4) is 11.8 Å². The number of thiophene rings is 1. The molecule has 1 unspecified atom stereocenters. The highest BCUT2D eigenvalue weighted by Crippen LogP contribution is 2.43. The van der Waals surface area contributed by atoms with Gasteiger partial charge in [-0.05, 0) is 52.0 Å². The van der Waals surface area contributed by atoms with Crippen molar-refractivity contribution in [2.45, 2.75) is 71.1 Å². The lowest BCUT2D eigenvalue weighted by molar-refractivity contribution is -0.171. The average Bonchev–Trinajstić information content (AvgIpc) is 3.30. The van der Waals surface area contributed by atoms with Crippen LogP contribution in [0.15, 0.2) is 17.5 Å². The quantitative estimate of drug-likeness (QED) is 0.580. The van der Waals surface area contributed by atoms with Gasteiger partial charge in [0.1, 0.15) is 0 Å². The largest absolute Gasteiger partial charge is 0.450 e. The van der Waals surface area contributed by atoms with Gasteiger partial charge in [0.05, 0.1) is 6.54 Å². The van der Waals surface area contributed by atoms with E-state index in [9.17, 15) is 9.90 Å². The molecule has 1 aliphatic rings. The first-order valence-corrected chi connectivity index (χ1v) is 10.4. The van der Waals surface area contributed by atoms with E-state index in [-0.39, 0.29) is 12.5 Å². The van der Waals surface area contributed by atoms with E-state index in [4.69, 9.17) is 4.74 Å². The molecule has 0 amide bonds. The van der Waals surface area contributed by atoms with Crippen molar-refractivity contribution in [2.24, 2.45) is 5.92 Å². The van der Waals surface area contributed by atoms with E-state index in [1.54, 1.807) is 0 Å². The number of carbonyl (C=O) groups is 1. The van der Waals surface area contributed by atoms with Gasteiger partial charge in [-0.1, -0.05) is 30.7 Å². The minimum absolute atomic E-state index is 0.0171. The Balaban J connectivity index is 1.98. The van der Waals surface area contributed by atoms with E-state index >= 15 is 0 Å². The van der Waals surface area contributed by atoms with Crippen LogP contribution >= 0.6 is 11.3 Å². The molecule has 0 spiro atoms. The summed E-state index contributed by atoms with van der Waals surface area (Å²) >= 11 is 1.41. The number of esters is 1. The van der Waals surface area contributed by atoms with E-state index in [0.717, 1.165) is 25.7 Å². The summed E-state index contributed by atoms with van der Waals surface area (Å²) in [5.74, 6) is 5.37. The molecule has 1 aromatic heterocycles. The van der Waals surface area contributed by atoms with Gasteiger partial charge in [-0.15, -0.1) is 11.3 Å². The molecule has 0 radical (unpaired) electrons. The summed E-state index contributed by atoms with van der Waals surface area (Å²) in [6, 6.07) is 4.51. The van der Waals surface area contributed by atoms with Gasteiger partial charge in [-0.3, -0.25) is 4.90 Å². The van der Waals surface area contributed by atoms with E-state index in [0.29, 0.717) is 23.5 Å². The lowest BCUT2D eigenvalue weighted by Gasteiger charge is -2.30. The van der Waals surface area contributed by atoms with Crippen LogP contribution in [0.3, 0.4) is 0 Å². The zero-order valence-corrected chi connectivity index (χ0v) is 17.1. The predicted octanol–water partition coefficient (Wildman–Crippen LogP) is 3.79. The molecule has 0 saturated heterocycles. The Labute approximate surface area is 161 Å². The molecule has 0 aromatic carbocycles. The summed E-state index contributed by atoms with van der Waals surface area (Å²) in [6.45, 7) is 9.23.